The van der Waals surface area contributed by atoms with E-state index in [9.17, 15) is 14.4 Å². The molecule has 0 bridgehead atoms. The van der Waals surface area contributed by atoms with Crippen molar-refractivity contribution in [2.75, 3.05) is 0 Å². The molecule has 0 aromatic heterocycles. The lowest BCUT2D eigenvalue weighted by Crippen LogP contribution is -2.53. The first-order valence-electron chi connectivity index (χ1n) is 14.7. The topological polar surface area (TPSA) is 151 Å². The highest BCUT2D eigenvalue weighted by Gasteiger charge is 2.35. The predicted octanol–water partition coefficient (Wildman–Crippen LogP) is 4.61. The van der Waals surface area contributed by atoms with E-state index in [1.165, 1.54) is 6.42 Å². The third kappa shape index (κ3) is 9.05. The zero-order valence-electron chi connectivity index (χ0n) is 23.7. The number of carbonyl (C=O) groups is 3. The van der Waals surface area contributed by atoms with Crippen molar-refractivity contribution in [1.29, 1.82) is 5.41 Å². The van der Waals surface area contributed by atoms with Gasteiger partial charge in [0.25, 0.3) is 0 Å². The minimum Gasteiger partial charge on any atom is -0.384 e. The molecule has 2 saturated carbocycles. The summed E-state index contributed by atoms with van der Waals surface area (Å²) in [4.78, 5) is 38.9. The van der Waals surface area contributed by atoms with Gasteiger partial charge in [-0.2, -0.15) is 0 Å². The molecule has 1 unspecified atom stereocenters. The molecule has 2 aliphatic carbocycles. The molecule has 41 heavy (non-hydrogen) atoms. The number of primary amides is 1. The van der Waals surface area contributed by atoms with Gasteiger partial charge in [-0.1, -0.05) is 74.9 Å². The summed E-state index contributed by atoms with van der Waals surface area (Å²) in [7, 11) is 0. The largest absolute Gasteiger partial charge is 0.384 e. The van der Waals surface area contributed by atoms with Gasteiger partial charge < -0.3 is 22.1 Å². The van der Waals surface area contributed by atoms with Crippen LogP contribution in [0.25, 0.3) is 0 Å². The first-order chi connectivity index (χ1) is 19.3. The minimum absolute atomic E-state index is 0. The van der Waals surface area contributed by atoms with Crippen molar-refractivity contribution >= 4 is 36.0 Å². The number of nitrogen functional groups attached to an aromatic ring is 1. The number of amides is 3. The van der Waals surface area contributed by atoms with Crippen molar-refractivity contribution in [1.82, 2.24) is 10.6 Å². The number of hydrogen-bond donors (Lipinski definition) is 5. The third-order valence-corrected chi connectivity index (χ3v) is 8.68. The van der Waals surface area contributed by atoms with Crippen LogP contribution in [-0.2, 0) is 22.6 Å². The fourth-order valence-corrected chi connectivity index (χ4v) is 6.30. The summed E-state index contributed by atoms with van der Waals surface area (Å²) in [6.45, 7) is 0.311. The average Bonchev–Trinajstić information content (AvgIpc) is 2.98. The van der Waals surface area contributed by atoms with Gasteiger partial charge in [0.05, 0.1) is 0 Å². The van der Waals surface area contributed by atoms with E-state index in [-0.39, 0.29) is 47.8 Å². The lowest BCUT2D eigenvalue weighted by molar-refractivity contribution is -0.134. The minimum atomic E-state index is -0.580. The maximum atomic E-state index is 14.0. The summed E-state index contributed by atoms with van der Waals surface area (Å²) in [5, 5.41) is 13.9. The predicted molar refractivity (Wildman–Crippen MR) is 164 cm³/mol. The van der Waals surface area contributed by atoms with Crippen LogP contribution in [0.5, 0.6) is 0 Å². The van der Waals surface area contributed by atoms with E-state index < -0.39 is 11.9 Å². The van der Waals surface area contributed by atoms with Gasteiger partial charge in [-0.3, -0.25) is 19.8 Å². The van der Waals surface area contributed by atoms with Crippen LogP contribution in [-0.4, -0.2) is 29.6 Å². The molecular weight excluding hydrogens is 538 g/mol. The smallest absolute Gasteiger partial charge is 0.248 e. The number of nitrogens with one attached hydrogen (secondary N) is 3. The van der Waals surface area contributed by atoms with Gasteiger partial charge in [-0.25, -0.2) is 0 Å². The number of benzene rings is 2. The van der Waals surface area contributed by atoms with E-state index in [2.05, 4.69) is 10.6 Å². The molecule has 2 atom stereocenters. The molecule has 0 saturated heterocycles. The van der Waals surface area contributed by atoms with Gasteiger partial charge in [0.15, 0.2) is 0 Å². The molecule has 8 nitrogen and oxygen atoms in total. The fourth-order valence-electron chi connectivity index (χ4n) is 6.30. The average molecular weight is 582 g/mol. The van der Waals surface area contributed by atoms with E-state index in [1.54, 1.807) is 24.3 Å². The summed E-state index contributed by atoms with van der Waals surface area (Å²) in [5.74, 6) is -0.497. The second-order valence-corrected chi connectivity index (χ2v) is 11.5. The van der Waals surface area contributed by atoms with E-state index in [0.29, 0.717) is 24.1 Å². The van der Waals surface area contributed by atoms with Crippen LogP contribution >= 0.6 is 12.4 Å². The monoisotopic (exact) mass is 581 g/mol. The van der Waals surface area contributed by atoms with Crippen molar-refractivity contribution in [2.45, 2.75) is 83.2 Å². The molecule has 0 aliphatic heterocycles. The summed E-state index contributed by atoms with van der Waals surface area (Å²) in [6.07, 6.45) is 11.2. The SMILES string of the molecule is Cl.N=C(N)c1ccc(CC(C(=O)N[C@H](C(=O)NCc2ccc(C(N)=O)cc2)C2CCCCC2)C2CCCCC2)cc1. The van der Waals surface area contributed by atoms with Gasteiger partial charge >= 0.3 is 0 Å². The van der Waals surface area contributed by atoms with Crippen LogP contribution in [0.1, 0.15) is 91.3 Å². The van der Waals surface area contributed by atoms with Crippen molar-refractivity contribution < 1.29 is 14.4 Å². The number of carbonyl (C=O) groups excluding carboxylic acids is 3. The number of amidine groups is 1. The highest BCUT2D eigenvalue weighted by Crippen LogP contribution is 2.33. The highest BCUT2D eigenvalue weighted by atomic mass is 35.5. The molecule has 0 heterocycles. The Morgan fingerprint density at radius 1 is 0.732 bits per heavy atom. The van der Waals surface area contributed by atoms with E-state index in [1.807, 2.05) is 24.3 Å². The second-order valence-electron chi connectivity index (χ2n) is 11.5. The lowest BCUT2D eigenvalue weighted by Gasteiger charge is -2.34. The molecule has 3 amide bonds. The normalized spacial score (nSPS) is 17.5. The summed E-state index contributed by atoms with van der Waals surface area (Å²) >= 11 is 0. The van der Waals surface area contributed by atoms with Crippen LogP contribution < -0.4 is 22.1 Å². The zero-order valence-corrected chi connectivity index (χ0v) is 24.5. The Kier molecular flexibility index (Phi) is 12.2. The standard InChI is InChI=1S/C32H43N5O3.ClH/c33-29(34)25-15-11-21(12-16-25)19-27(23-7-3-1-4-8-23)31(39)37-28(24-9-5-2-6-10-24)32(40)36-20-22-13-17-26(18-14-22)30(35)38;/h11-18,23-24,27-28H,1-10,19-20H2,(H3,33,34)(H2,35,38)(H,36,40)(H,37,39);1H/t27?,28-;/m0./s1. The molecule has 2 aliphatic rings. The van der Waals surface area contributed by atoms with Crippen molar-refractivity contribution in [3.63, 3.8) is 0 Å². The van der Waals surface area contributed by atoms with E-state index in [4.69, 9.17) is 16.9 Å². The Morgan fingerprint density at radius 3 is 1.78 bits per heavy atom. The fraction of sp³-hybridized carbons (Fsp3) is 0.500. The Morgan fingerprint density at radius 2 is 1.24 bits per heavy atom. The van der Waals surface area contributed by atoms with Gasteiger partial charge in [0, 0.05) is 23.6 Å². The summed E-state index contributed by atoms with van der Waals surface area (Å²) < 4.78 is 0. The summed E-state index contributed by atoms with van der Waals surface area (Å²) in [5.41, 5.74) is 14.0. The molecular formula is C32H44ClN5O3. The molecule has 222 valence electrons. The number of nitrogens with two attached hydrogens (primary N) is 2. The van der Waals surface area contributed by atoms with Crippen molar-refractivity contribution in [3.8, 4) is 0 Å². The van der Waals surface area contributed by atoms with Gasteiger partial charge in [-0.05, 0) is 67.2 Å². The molecule has 0 radical (unpaired) electrons. The molecule has 4 rings (SSSR count). The Hall–Kier alpha value is -3.39. The Bertz CT molecular complexity index is 1170. The van der Waals surface area contributed by atoms with Gasteiger partial charge in [0.1, 0.15) is 11.9 Å². The van der Waals surface area contributed by atoms with Gasteiger partial charge in [0.2, 0.25) is 17.7 Å². The second kappa shape index (κ2) is 15.6. The zero-order chi connectivity index (χ0) is 28.5. The van der Waals surface area contributed by atoms with Crippen molar-refractivity contribution in [2.24, 2.45) is 29.2 Å². The molecule has 2 aromatic rings. The number of rotatable bonds is 11. The first-order valence-corrected chi connectivity index (χ1v) is 14.7. The van der Waals surface area contributed by atoms with Crippen LogP contribution in [0.3, 0.4) is 0 Å². The van der Waals surface area contributed by atoms with Crippen molar-refractivity contribution in [3.05, 3.63) is 70.8 Å². The van der Waals surface area contributed by atoms with E-state index in [0.717, 1.165) is 68.9 Å². The maximum Gasteiger partial charge on any atom is 0.248 e. The molecule has 2 aromatic carbocycles. The lowest BCUT2D eigenvalue weighted by atomic mass is 9.76. The quantitative estimate of drug-likeness (QED) is 0.194. The van der Waals surface area contributed by atoms with E-state index >= 15 is 0 Å². The first kappa shape index (κ1) is 32.1. The van der Waals surface area contributed by atoms with Crippen LogP contribution in [0.15, 0.2) is 48.5 Å². The Labute approximate surface area is 249 Å². The van der Waals surface area contributed by atoms with Crippen LogP contribution in [0.2, 0.25) is 0 Å². The van der Waals surface area contributed by atoms with Crippen LogP contribution in [0, 0.1) is 23.2 Å². The summed E-state index contributed by atoms with van der Waals surface area (Å²) in [6, 6.07) is 13.9. The molecule has 7 N–H and O–H groups in total. The molecule has 2 fully saturated rings. The maximum absolute atomic E-state index is 14.0. The van der Waals surface area contributed by atoms with Crippen LogP contribution in [0.4, 0.5) is 0 Å². The molecule has 0 spiro atoms. The third-order valence-electron chi connectivity index (χ3n) is 8.68. The molecule has 9 heteroatoms. The highest BCUT2D eigenvalue weighted by molar-refractivity contribution is 5.95. The Balaban J connectivity index is 0.00000462. The van der Waals surface area contributed by atoms with Gasteiger partial charge in [-0.15, -0.1) is 12.4 Å². The number of hydrogen-bond acceptors (Lipinski definition) is 4. The number of halogens is 1.